The molecule has 0 saturated carbocycles. The number of aromatic nitrogens is 1. The molecule has 2 rings (SSSR count). The van der Waals surface area contributed by atoms with Gasteiger partial charge < -0.3 is 5.32 Å². The van der Waals surface area contributed by atoms with Gasteiger partial charge in [-0.15, -0.1) is 0 Å². The van der Waals surface area contributed by atoms with Gasteiger partial charge in [0.15, 0.2) is 0 Å². The Labute approximate surface area is 107 Å². The molecule has 0 aliphatic rings. The van der Waals surface area contributed by atoms with Crippen LogP contribution in [0.2, 0.25) is 0 Å². The summed E-state index contributed by atoms with van der Waals surface area (Å²) < 4.78 is 13.6. The van der Waals surface area contributed by atoms with E-state index >= 15 is 0 Å². The molecule has 1 N–H and O–H groups in total. The molecule has 1 aromatic carbocycles. The number of aryl methyl sites for hydroxylation is 1. The Morgan fingerprint density at radius 2 is 2.00 bits per heavy atom. The summed E-state index contributed by atoms with van der Waals surface area (Å²) in [5, 5.41) is 3.29. The van der Waals surface area contributed by atoms with Gasteiger partial charge in [-0.3, -0.25) is 4.98 Å². The zero-order chi connectivity index (χ0) is 13.0. The number of hydrogen-bond acceptors (Lipinski definition) is 2. The maximum atomic E-state index is 13.6. The van der Waals surface area contributed by atoms with Gasteiger partial charge in [-0.2, -0.15) is 0 Å². The van der Waals surface area contributed by atoms with Crippen molar-refractivity contribution in [2.75, 3.05) is 0 Å². The van der Waals surface area contributed by atoms with Crippen LogP contribution >= 0.6 is 0 Å². The van der Waals surface area contributed by atoms with Crippen molar-refractivity contribution >= 4 is 0 Å². The number of nitrogens with one attached hydrogen (secondary N) is 1. The molecule has 0 aliphatic heterocycles. The van der Waals surface area contributed by atoms with Crippen molar-refractivity contribution in [2.45, 2.75) is 26.4 Å². The molecule has 1 atom stereocenters. The van der Waals surface area contributed by atoms with Crippen LogP contribution in [0.4, 0.5) is 4.39 Å². The van der Waals surface area contributed by atoms with E-state index < -0.39 is 0 Å². The maximum Gasteiger partial charge on any atom is 0.127 e. The second-order valence-electron chi connectivity index (χ2n) is 4.39. The summed E-state index contributed by atoms with van der Waals surface area (Å²) in [6.07, 6.45) is 1.78. The molecule has 3 heteroatoms. The van der Waals surface area contributed by atoms with E-state index in [0.717, 1.165) is 11.3 Å². The molecule has 0 fully saturated rings. The zero-order valence-electron chi connectivity index (χ0n) is 10.7. The SMILES string of the molecule is Cc1cccnc1CN[C@H](C)c1ccccc1F. The molecular weight excluding hydrogens is 227 g/mol. The first-order valence-electron chi connectivity index (χ1n) is 6.07. The standard InChI is InChI=1S/C15H17FN2/c1-11-6-5-9-17-15(11)10-18-12(2)13-7-3-4-8-14(13)16/h3-9,12,18H,10H2,1-2H3/t12-/m1/s1. The molecule has 94 valence electrons. The highest BCUT2D eigenvalue weighted by Gasteiger charge is 2.10. The van der Waals surface area contributed by atoms with Gasteiger partial charge in [0.25, 0.3) is 0 Å². The van der Waals surface area contributed by atoms with Crippen molar-refractivity contribution in [1.29, 1.82) is 0 Å². The predicted molar refractivity (Wildman–Crippen MR) is 70.6 cm³/mol. The molecule has 1 aromatic heterocycles. The van der Waals surface area contributed by atoms with Crippen molar-refractivity contribution in [3.8, 4) is 0 Å². The highest BCUT2D eigenvalue weighted by molar-refractivity contribution is 5.21. The Morgan fingerprint density at radius 3 is 2.72 bits per heavy atom. The van der Waals surface area contributed by atoms with Crippen molar-refractivity contribution in [2.24, 2.45) is 0 Å². The summed E-state index contributed by atoms with van der Waals surface area (Å²) in [5.41, 5.74) is 2.83. The number of hydrogen-bond donors (Lipinski definition) is 1. The van der Waals surface area contributed by atoms with Crippen molar-refractivity contribution in [3.05, 3.63) is 65.2 Å². The number of rotatable bonds is 4. The minimum Gasteiger partial charge on any atom is -0.304 e. The monoisotopic (exact) mass is 244 g/mol. The van der Waals surface area contributed by atoms with E-state index in [2.05, 4.69) is 10.3 Å². The molecule has 0 bridgehead atoms. The minimum absolute atomic E-state index is 0.0346. The lowest BCUT2D eigenvalue weighted by Gasteiger charge is -2.15. The third-order valence-corrected chi connectivity index (χ3v) is 3.07. The van der Waals surface area contributed by atoms with E-state index in [1.54, 1.807) is 18.3 Å². The third-order valence-electron chi connectivity index (χ3n) is 3.07. The first kappa shape index (κ1) is 12.7. The molecule has 0 saturated heterocycles. The Bertz CT molecular complexity index is 525. The van der Waals surface area contributed by atoms with Gasteiger partial charge in [0.2, 0.25) is 0 Å². The second-order valence-corrected chi connectivity index (χ2v) is 4.39. The summed E-state index contributed by atoms with van der Waals surface area (Å²) in [7, 11) is 0. The van der Waals surface area contributed by atoms with Crippen LogP contribution in [0.1, 0.15) is 29.8 Å². The van der Waals surface area contributed by atoms with Gasteiger partial charge in [0.1, 0.15) is 5.82 Å². The molecule has 0 amide bonds. The van der Waals surface area contributed by atoms with Crippen LogP contribution in [0.25, 0.3) is 0 Å². The van der Waals surface area contributed by atoms with Gasteiger partial charge in [-0.25, -0.2) is 4.39 Å². The summed E-state index contributed by atoms with van der Waals surface area (Å²) in [6, 6.07) is 10.7. The van der Waals surface area contributed by atoms with Crippen LogP contribution in [0, 0.1) is 12.7 Å². The van der Waals surface area contributed by atoms with E-state index in [1.165, 1.54) is 6.07 Å². The van der Waals surface area contributed by atoms with Crippen LogP contribution in [0.5, 0.6) is 0 Å². The topological polar surface area (TPSA) is 24.9 Å². The molecule has 2 aromatic rings. The molecule has 0 radical (unpaired) electrons. The molecule has 18 heavy (non-hydrogen) atoms. The quantitative estimate of drug-likeness (QED) is 0.891. The maximum absolute atomic E-state index is 13.6. The first-order valence-corrected chi connectivity index (χ1v) is 6.07. The molecular formula is C15H17FN2. The Hall–Kier alpha value is -1.74. The normalized spacial score (nSPS) is 12.4. The fourth-order valence-corrected chi connectivity index (χ4v) is 1.89. The Morgan fingerprint density at radius 1 is 1.22 bits per heavy atom. The van der Waals surface area contributed by atoms with Gasteiger partial charge >= 0.3 is 0 Å². The van der Waals surface area contributed by atoms with E-state index in [1.807, 2.05) is 32.0 Å². The summed E-state index contributed by atoms with van der Waals surface area (Å²) in [5.74, 6) is -0.171. The van der Waals surface area contributed by atoms with Gasteiger partial charge in [-0.05, 0) is 31.5 Å². The van der Waals surface area contributed by atoms with Crippen LogP contribution in [0.15, 0.2) is 42.6 Å². The van der Waals surface area contributed by atoms with Crippen LogP contribution < -0.4 is 5.32 Å². The van der Waals surface area contributed by atoms with Gasteiger partial charge in [0.05, 0.1) is 5.69 Å². The summed E-state index contributed by atoms with van der Waals surface area (Å²) in [6.45, 7) is 4.62. The summed E-state index contributed by atoms with van der Waals surface area (Å²) in [4.78, 5) is 4.31. The summed E-state index contributed by atoms with van der Waals surface area (Å²) >= 11 is 0. The predicted octanol–water partition coefficient (Wildman–Crippen LogP) is 3.38. The van der Waals surface area contributed by atoms with Crippen LogP contribution in [0.3, 0.4) is 0 Å². The van der Waals surface area contributed by atoms with Gasteiger partial charge in [0, 0.05) is 24.3 Å². The lowest BCUT2D eigenvalue weighted by atomic mass is 10.1. The van der Waals surface area contributed by atoms with Crippen molar-refractivity contribution < 1.29 is 4.39 Å². The molecule has 1 heterocycles. The number of benzene rings is 1. The fraction of sp³-hybridized carbons (Fsp3) is 0.267. The molecule has 0 spiro atoms. The zero-order valence-corrected chi connectivity index (χ0v) is 10.7. The Balaban J connectivity index is 2.03. The van der Waals surface area contributed by atoms with Crippen molar-refractivity contribution in [3.63, 3.8) is 0 Å². The van der Waals surface area contributed by atoms with E-state index in [9.17, 15) is 4.39 Å². The van der Waals surface area contributed by atoms with Crippen LogP contribution in [-0.4, -0.2) is 4.98 Å². The lowest BCUT2D eigenvalue weighted by molar-refractivity contribution is 0.524. The molecule has 2 nitrogen and oxygen atoms in total. The lowest BCUT2D eigenvalue weighted by Crippen LogP contribution is -2.20. The highest BCUT2D eigenvalue weighted by atomic mass is 19.1. The average Bonchev–Trinajstić information content (AvgIpc) is 2.38. The highest BCUT2D eigenvalue weighted by Crippen LogP contribution is 2.16. The third kappa shape index (κ3) is 2.93. The van der Waals surface area contributed by atoms with Crippen LogP contribution in [-0.2, 0) is 6.54 Å². The minimum atomic E-state index is -0.171. The van der Waals surface area contributed by atoms with Crippen molar-refractivity contribution in [1.82, 2.24) is 10.3 Å². The van der Waals surface area contributed by atoms with E-state index in [0.29, 0.717) is 12.1 Å². The van der Waals surface area contributed by atoms with Gasteiger partial charge in [-0.1, -0.05) is 24.3 Å². The fourth-order valence-electron chi connectivity index (χ4n) is 1.89. The first-order chi connectivity index (χ1) is 8.68. The molecule has 0 unspecified atom stereocenters. The number of halogens is 1. The number of pyridine rings is 1. The second kappa shape index (κ2) is 5.74. The molecule has 0 aliphatic carbocycles. The Kier molecular flexibility index (Phi) is 4.05. The van der Waals surface area contributed by atoms with E-state index in [4.69, 9.17) is 0 Å². The smallest absolute Gasteiger partial charge is 0.127 e. The van der Waals surface area contributed by atoms with E-state index in [-0.39, 0.29) is 11.9 Å². The number of nitrogens with zero attached hydrogens (tertiary/aromatic N) is 1. The largest absolute Gasteiger partial charge is 0.304 e. The average molecular weight is 244 g/mol.